The van der Waals surface area contributed by atoms with Crippen LogP contribution in [0.25, 0.3) is 10.9 Å². The van der Waals surface area contributed by atoms with Crippen molar-refractivity contribution in [2.24, 2.45) is 5.73 Å². The van der Waals surface area contributed by atoms with E-state index in [2.05, 4.69) is 20.9 Å². The lowest BCUT2D eigenvalue weighted by molar-refractivity contribution is 0.418. The minimum Gasteiger partial charge on any atom is -0.495 e. The van der Waals surface area contributed by atoms with Crippen LogP contribution in [0, 0.1) is 0 Å². The van der Waals surface area contributed by atoms with Gasteiger partial charge in [-0.05, 0) is 41.9 Å². The topological polar surface area (TPSA) is 51.0 Å². The number of halogens is 2. The summed E-state index contributed by atoms with van der Waals surface area (Å²) < 4.78 is 6.20. The summed E-state index contributed by atoms with van der Waals surface area (Å²) in [6.07, 6.45) is 0. The van der Waals surface area contributed by atoms with Gasteiger partial charge in [0.15, 0.2) is 0 Å². The molecule has 0 radical (unpaired) electrons. The molecule has 0 atom stereocenters. The highest BCUT2D eigenvalue weighted by molar-refractivity contribution is 9.10. The van der Waals surface area contributed by atoms with Gasteiger partial charge in [0, 0.05) is 9.86 Å². The van der Waals surface area contributed by atoms with Gasteiger partial charge in [-0.1, -0.05) is 11.6 Å². The van der Waals surface area contributed by atoms with Crippen LogP contribution in [0.1, 0.15) is 19.5 Å². The minimum absolute atomic E-state index is 0.480. The van der Waals surface area contributed by atoms with Crippen LogP contribution >= 0.6 is 27.5 Å². The van der Waals surface area contributed by atoms with Crippen molar-refractivity contribution in [2.45, 2.75) is 19.4 Å². The quantitative estimate of drug-likeness (QED) is 0.885. The molecule has 5 heteroatoms. The lowest BCUT2D eigenvalue weighted by Gasteiger charge is -2.17. The molecule has 0 saturated heterocycles. The number of nitrogens with one attached hydrogen (secondary N) is 1. The van der Waals surface area contributed by atoms with E-state index in [1.807, 2.05) is 26.0 Å². The largest absolute Gasteiger partial charge is 0.495 e. The molecule has 2 rings (SSSR count). The highest BCUT2D eigenvalue weighted by atomic mass is 79.9. The van der Waals surface area contributed by atoms with Crippen molar-refractivity contribution >= 4 is 38.4 Å². The molecular weight excluding hydrogens is 304 g/mol. The Labute approximate surface area is 113 Å². The van der Waals surface area contributed by atoms with Crippen LogP contribution in [0.15, 0.2) is 16.6 Å². The van der Waals surface area contributed by atoms with Gasteiger partial charge in [0.1, 0.15) is 5.75 Å². The van der Waals surface area contributed by atoms with Crippen molar-refractivity contribution in [3.8, 4) is 5.75 Å². The first-order valence-electron chi connectivity index (χ1n) is 5.19. The van der Waals surface area contributed by atoms with Gasteiger partial charge in [-0.3, -0.25) is 0 Å². The second kappa shape index (κ2) is 4.19. The number of aromatic amines is 1. The van der Waals surface area contributed by atoms with Crippen molar-refractivity contribution in [3.05, 3.63) is 27.3 Å². The van der Waals surface area contributed by atoms with Crippen molar-refractivity contribution in [1.82, 2.24) is 4.98 Å². The number of hydrogen-bond acceptors (Lipinski definition) is 2. The van der Waals surface area contributed by atoms with E-state index in [1.54, 1.807) is 7.11 Å². The number of H-pyrrole nitrogens is 1. The van der Waals surface area contributed by atoms with E-state index < -0.39 is 5.54 Å². The van der Waals surface area contributed by atoms with Crippen LogP contribution in [0.5, 0.6) is 5.75 Å². The van der Waals surface area contributed by atoms with Crippen LogP contribution in [-0.2, 0) is 5.54 Å². The summed E-state index contributed by atoms with van der Waals surface area (Å²) in [4.78, 5) is 3.28. The molecule has 0 fully saturated rings. The number of hydrogen-bond donors (Lipinski definition) is 2. The number of methoxy groups -OCH3 is 1. The molecule has 0 aliphatic carbocycles. The van der Waals surface area contributed by atoms with E-state index in [-0.39, 0.29) is 0 Å². The van der Waals surface area contributed by atoms with E-state index in [9.17, 15) is 0 Å². The molecule has 0 spiro atoms. The lowest BCUT2D eigenvalue weighted by Crippen LogP contribution is -2.29. The molecule has 92 valence electrons. The first-order chi connectivity index (χ1) is 7.86. The highest BCUT2D eigenvalue weighted by Gasteiger charge is 2.24. The maximum Gasteiger partial charge on any atom is 0.143 e. The number of benzene rings is 1. The Balaban J connectivity index is 2.85. The van der Waals surface area contributed by atoms with Crippen LogP contribution in [0.3, 0.4) is 0 Å². The molecule has 1 heterocycles. The third-order valence-electron chi connectivity index (χ3n) is 2.67. The molecule has 0 aliphatic heterocycles. The Hall–Kier alpha value is -0.710. The van der Waals surface area contributed by atoms with Gasteiger partial charge in [0.05, 0.1) is 28.9 Å². The zero-order valence-electron chi connectivity index (χ0n) is 9.90. The third kappa shape index (κ3) is 2.05. The summed E-state index contributed by atoms with van der Waals surface area (Å²) in [6.45, 7) is 3.87. The summed E-state index contributed by atoms with van der Waals surface area (Å²) in [5.74, 6) is 0.751. The maximum atomic E-state index is 6.21. The van der Waals surface area contributed by atoms with Crippen LogP contribution in [0.2, 0.25) is 5.02 Å². The van der Waals surface area contributed by atoms with Gasteiger partial charge in [0.25, 0.3) is 0 Å². The number of ether oxygens (including phenoxy) is 1. The summed E-state index contributed by atoms with van der Waals surface area (Å²) >= 11 is 9.76. The smallest absolute Gasteiger partial charge is 0.143 e. The third-order valence-corrected chi connectivity index (χ3v) is 3.78. The zero-order chi connectivity index (χ0) is 12.8. The molecule has 2 aromatic rings. The fraction of sp³-hybridized carbons (Fsp3) is 0.333. The maximum absolute atomic E-state index is 6.21. The number of fused-ring (bicyclic) bond motifs is 1. The molecular formula is C12H14BrClN2O. The zero-order valence-corrected chi connectivity index (χ0v) is 12.2. The first-order valence-corrected chi connectivity index (χ1v) is 6.36. The first kappa shape index (κ1) is 12.7. The number of nitrogens with two attached hydrogens (primary N) is 1. The average molecular weight is 318 g/mol. The molecule has 0 aliphatic rings. The average Bonchev–Trinajstić information content (AvgIpc) is 2.58. The van der Waals surface area contributed by atoms with Crippen molar-refractivity contribution in [3.63, 3.8) is 0 Å². The number of rotatable bonds is 2. The molecule has 1 aromatic heterocycles. The van der Waals surface area contributed by atoms with Crippen LogP contribution in [0.4, 0.5) is 0 Å². The van der Waals surface area contributed by atoms with E-state index in [0.29, 0.717) is 5.02 Å². The Morgan fingerprint density at radius 2 is 2.06 bits per heavy atom. The summed E-state index contributed by atoms with van der Waals surface area (Å²) in [5, 5.41) is 1.57. The van der Waals surface area contributed by atoms with Gasteiger partial charge in [-0.25, -0.2) is 0 Å². The van der Waals surface area contributed by atoms with Gasteiger partial charge >= 0.3 is 0 Å². The van der Waals surface area contributed by atoms with Crippen LogP contribution < -0.4 is 10.5 Å². The second-order valence-corrected chi connectivity index (χ2v) is 5.74. The molecule has 1 aromatic carbocycles. The molecule has 3 nitrogen and oxygen atoms in total. The molecule has 17 heavy (non-hydrogen) atoms. The summed E-state index contributed by atoms with van der Waals surface area (Å²) in [6, 6.07) is 3.65. The monoisotopic (exact) mass is 316 g/mol. The van der Waals surface area contributed by atoms with Crippen molar-refractivity contribution in [1.29, 1.82) is 0 Å². The summed E-state index contributed by atoms with van der Waals surface area (Å²) in [7, 11) is 1.63. The Morgan fingerprint density at radius 3 is 2.59 bits per heavy atom. The van der Waals surface area contributed by atoms with Gasteiger partial charge in [0.2, 0.25) is 0 Å². The molecule has 3 N–H and O–H groups in total. The van der Waals surface area contributed by atoms with E-state index in [4.69, 9.17) is 22.1 Å². The number of aromatic nitrogens is 1. The van der Waals surface area contributed by atoms with E-state index in [0.717, 1.165) is 26.8 Å². The predicted octanol–water partition coefficient (Wildman–Crippen LogP) is 3.79. The van der Waals surface area contributed by atoms with Gasteiger partial charge in [-0.2, -0.15) is 0 Å². The second-order valence-electron chi connectivity index (χ2n) is 4.54. The Kier molecular flexibility index (Phi) is 3.14. The Morgan fingerprint density at radius 1 is 1.41 bits per heavy atom. The van der Waals surface area contributed by atoms with Crippen LogP contribution in [-0.4, -0.2) is 12.1 Å². The van der Waals surface area contributed by atoms with E-state index >= 15 is 0 Å². The van der Waals surface area contributed by atoms with E-state index in [1.165, 1.54) is 0 Å². The Bertz CT molecular complexity index is 572. The fourth-order valence-electron chi connectivity index (χ4n) is 1.82. The highest BCUT2D eigenvalue weighted by Crippen LogP contribution is 2.40. The summed E-state index contributed by atoms with van der Waals surface area (Å²) in [5.41, 5.74) is 7.40. The minimum atomic E-state index is -0.480. The molecule has 0 saturated carbocycles. The van der Waals surface area contributed by atoms with Gasteiger partial charge < -0.3 is 15.5 Å². The molecule has 0 unspecified atom stereocenters. The lowest BCUT2D eigenvalue weighted by atomic mass is 10.0. The predicted molar refractivity (Wildman–Crippen MR) is 74.8 cm³/mol. The van der Waals surface area contributed by atoms with Crippen molar-refractivity contribution in [2.75, 3.05) is 7.11 Å². The normalized spacial score (nSPS) is 12.1. The van der Waals surface area contributed by atoms with Gasteiger partial charge in [-0.15, -0.1) is 0 Å². The molecule has 0 bridgehead atoms. The molecule has 0 amide bonds. The SMILES string of the molecule is COc1ccc(Cl)c2c(Br)c(C(C)(C)N)[nH]c12. The fourth-order valence-corrected chi connectivity index (χ4v) is 3.20. The van der Waals surface area contributed by atoms with Crippen molar-refractivity contribution < 1.29 is 4.74 Å². The standard InChI is InChI=1S/C12H14BrClN2O/c1-12(2,15)11-9(13)8-6(14)4-5-7(17-3)10(8)16-11/h4-5,16H,15H2,1-3H3.